The van der Waals surface area contributed by atoms with Crippen molar-refractivity contribution in [1.29, 1.82) is 0 Å². The van der Waals surface area contributed by atoms with Crippen molar-refractivity contribution < 1.29 is 23.9 Å². The van der Waals surface area contributed by atoms with Gasteiger partial charge in [-0.05, 0) is 56.2 Å². The molecule has 0 aliphatic carbocycles. The standard InChI is InChI=1S/C23H27NO5/c1-6-24(7-2)13-17-18(25)10-9-16-14(3)21(23(26)29-22(16)17)15-8-11-19(27-4)20(12-15)28-5/h8-12,25H,6-7,13H2,1-5H3/p+1. The summed E-state index contributed by atoms with van der Waals surface area (Å²) in [4.78, 5) is 14.3. The minimum atomic E-state index is -0.441. The fraction of sp³-hybridized carbons (Fsp3) is 0.348. The number of phenols is 1. The number of methoxy groups -OCH3 is 2. The van der Waals surface area contributed by atoms with Crippen LogP contribution in [0.25, 0.3) is 22.1 Å². The lowest BCUT2D eigenvalue weighted by Gasteiger charge is -2.18. The number of hydrogen-bond acceptors (Lipinski definition) is 5. The largest absolute Gasteiger partial charge is 0.507 e. The molecule has 2 aromatic carbocycles. The molecule has 0 radical (unpaired) electrons. The molecular weight excluding hydrogens is 370 g/mol. The average molecular weight is 398 g/mol. The highest BCUT2D eigenvalue weighted by atomic mass is 16.5. The van der Waals surface area contributed by atoms with E-state index in [1.54, 1.807) is 38.5 Å². The molecule has 0 aliphatic heterocycles. The predicted molar refractivity (Wildman–Crippen MR) is 113 cm³/mol. The topological polar surface area (TPSA) is 73.3 Å². The number of aromatic hydroxyl groups is 1. The molecule has 154 valence electrons. The van der Waals surface area contributed by atoms with E-state index in [1.807, 2.05) is 13.0 Å². The van der Waals surface area contributed by atoms with Crippen LogP contribution in [0.15, 0.2) is 39.5 Å². The number of quaternary nitrogens is 1. The van der Waals surface area contributed by atoms with Crippen LogP contribution in [0.2, 0.25) is 0 Å². The highest BCUT2D eigenvalue weighted by Crippen LogP contribution is 2.35. The first-order valence-corrected chi connectivity index (χ1v) is 9.79. The Morgan fingerprint density at radius 3 is 2.34 bits per heavy atom. The Morgan fingerprint density at radius 1 is 1.03 bits per heavy atom. The van der Waals surface area contributed by atoms with Gasteiger partial charge >= 0.3 is 5.63 Å². The molecule has 2 N–H and O–H groups in total. The van der Waals surface area contributed by atoms with Crippen molar-refractivity contribution in [2.75, 3.05) is 27.3 Å². The predicted octanol–water partition coefficient (Wildman–Crippen LogP) is 2.92. The van der Waals surface area contributed by atoms with Crippen LogP contribution in [0.5, 0.6) is 17.2 Å². The van der Waals surface area contributed by atoms with Crippen LogP contribution in [0, 0.1) is 6.92 Å². The molecule has 0 bridgehead atoms. The molecule has 0 fully saturated rings. The van der Waals surface area contributed by atoms with E-state index in [0.29, 0.717) is 40.3 Å². The molecule has 0 unspecified atom stereocenters. The van der Waals surface area contributed by atoms with Gasteiger partial charge in [0.05, 0.1) is 38.4 Å². The first-order chi connectivity index (χ1) is 13.9. The van der Waals surface area contributed by atoms with Crippen molar-refractivity contribution >= 4 is 11.0 Å². The van der Waals surface area contributed by atoms with Crippen LogP contribution >= 0.6 is 0 Å². The average Bonchev–Trinajstić information content (AvgIpc) is 2.73. The van der Waals surface area contributed by atoms with Crippen molar-refractivity contribution in [3.05, 3.63) is 51.9 Å². The minimum absolute atomic E-state index is 0.151. The van der Waals surface area contributed by atoms with Crippen LogP contribution in [-0.4, -0.2) is 32.4 Å². The molecule has 6 heteroatoms. The van der Waals surface area contributed by atoms with E-state index >= 15 is 0 Å². The second-order valence-corrected chi connectivity index (χ2v) is 7.03. The van der Waals surface area contributed by atoms with Gasteiger partial charge in [-0.3, -0.25) is 0 Å². The van der Waals surface area contributed by atoms with Crippen molar-refractivity contribution in [3.8, 4) is 28.4 Å². The van der Waals surface area contributed by atoms with E-state index in [0.717, 1.165) is 24.0 Å². The molecule has 0 saturated carbocycles. The van der Waals surface area contributed by atoms with Gasteiger partial charge in [-0.25, -0.2) is 4.79 Å². The summed E-state index contributed by atoms with van der Waals surface area (Å²) in [7, 11) is 3.13. The Labute approximate surface area is 170 Å². The Hall–Kier alpha value is -2.99. The molecule has 1 heterocycles. The highest BCUT2D eigenvalue weighted by Gasteiger charge is 2.21. The van der Waals surface area contributed by atoms with Crippen LogP contribution in [0.4, 0.5) is 0 Å². The zero-order chi connectivity index (χ0) is 21.1. The molecule has 3 rings (SSSR count). The van der Waals surface area contributed by atoms with E-state index in [4.69, 9.17) is 13.9 Å². The van der Waals surface area contributed by atoms with Gasteiger partial charge in [0.1, 0.15) is 12.3 Å². The first-order valence-electron chi connectivity index (χ1n) is 9.79. The molecule has 0 spiro atoms. The van der Waals surface area contributed by atoms with Gasteiger partial charge in [-0.15, -0.1) is 0 Å². The van der Waals surface area contributed by atoms with Gasteiger partial charge in [0.25, 0.3) is 0 Å². The highest BCUT2D eigenvalue weighted by molar-refractivity contribution is 5.90. The number of nitrogens with one attached hydrogen (secondary N) is 1. The molecule has 3 aromatic rings. The zero-order valence-corrected chi connectivity index (χ0v) is 17.6. The number of rotatable bonds is 7. The maximum absolute atomic E-state index is 13.0. The van der Waals surface area contributed by atoms with Gasteiger partial charge < -0.3 is 23.9 Å². The summed E-state index contributed by atoms with van der Waals surface area (Å²) >= 11 is 0. The van der Waals surface area contributed by atoms with Gasteiger partial charge in [-0.1, -0.05) is 6.07 Å². The van der Waals surface area contributed by atoms with E-state index in [-0.39, 0.29) is 5.75 Å². The number of benzene rings is 2. The lowest BCUT2D eigenvalue weighted by molar-refractivity contribution is -0.910. The van der Waals surface area contributed by atoms with Crippen LogP contribution < -0.4 is 20.0 Å². The number of phenolic OH excluding ortho intramolecular Hbond substituents is 1. The van der Waals surface area contributed by atoms with E-state index in [9.17, 15) is 9.90 Å². The second kappa shape index (κ2) is 8.57. The van der Waals surface area contributed by atoms with Crippen molar-refractivity contribution in [3.63, 3.8) is 0 Å². The third-order valence-corrected chi connectivity index (χ3v) is 5.51. The van der Waals surface area contributed by atoms with E-state index < -0.39 is 5.63 Å². The number of hydrogen-bond donors (Lipinski definition) is 2. The third-order valence-electron chi connectivity index (χ3n) is 5.51. The summed E-state index contributed by atoms with van der Waals surface area (Å²) in [6.07, 6.45) is 0. The first kappa shape index (κ1) is 20.7. The SMILES string of the molecule is CC[NH+](CC)Cc1c(O)ccc2c(C)c(-c3ccc(OC)c(OC)c3)c(=O)oc12. The van der Waals surface area contributed by atoms with Crippen LogP contribution in [0.1, 0.15) is 25.0 Å². The van der Waals surface area contributed by atoms with E-state index in [1.165, 1.54) is 4.90 Å². The molecule has 0 atom stereocenters. The maximum atomic E-state index is 13.0. The molecular formula is C23H28NO5+. The summed E-state index contributed by atoms with van der Waals surface area (Å²) in [5.74, 6) is 1.28. The number of aryl methyl sites for hydroxylation is 1. The molecule has 29 heavy (non-hydrogen) atoms. The summed E-state index contributed by atoms with van der Waals surface area (Å²) < 4.78 is 16.4. The van der Waals surface area contributed by atoms with Gasteiger partial charge in [0.2, 0.25) is 0 Å². The zero-order valence-electron chi connectivity index (χ0n) is 17.6. The Bertz CT molecular complexity index is 1080. The van der Waals surface area contributed by atoms with Gasteiger partial charge in [0, 0.05) is 5.39 Å². The molecule has 0 saturated heterocycles. The summed E-state index contributed by atoms with van der Waals surface area (Å²) in [5, 5.41) is 11.3. The Morgan fingerprint density at radius 2 is 1.72 bits per heavy atom. The maximum Gasteiger partial charge on any atom is 0.344 e. The molecule has 1 aromatic heterocycles. The lowest BCUT2D eigenvalue weighted by atomic mass is 9.97. The monoisotopic (exact) mass is 398 g/mol. The smallest absolute Gasteiger partial charge is 0.344 e. The quantitative estimate of drug-likeness (QED) is 0.599. The fourth-order valence-electron chi connectivity index (χ4n) is 3.71. The van der Waals surface area contributed by atoms with Crippen molar-refractivity contribution in [1.82, 2.24) is 0 Å². The van der Waals surface area contributed by atoms with Crippen molar-refractivity contribution in [2.24, 2.45) is 0 Å². The summed E-state index contributed by atoms with van der Waals surface area (Å²) in [5.41, 5.74) is 2.66. The molecule has 0 aliphatic rings. The Kier molecular flexibility index (Phi) is 6.13. The summed E-state index contributed by atoms with van der Waals surface area (Å²) in [6, 6.07) is 8.82. The van der Waals surface area contributed by atoms with Crippen LogP contribution in [0.3, 0.4) is 0 Å². The molecule has 6 nitrogen and oxygen atoms in total. The second-order valence-electron chi connectivity index (χ2n) is 7.03. The van der Waals surface area contributed by atoms with Crippen molar-refractivity contribution in [2.45, 2.75) is 27.3 Å². The fourth-order valence-corrected chi connectivity index (χ4v) is 3.71. The van der Waals surface area contributed by atoms with Gasteiger partial charge in [0.15, 0.2) is 17.1 Å². The minimum Gasteiger partial charge on any atom is -0.507 e. The molecule has 0 amide bonds. The number of ether oxygens (including phenoxy) is 2. The normalized spacial score (nSPS) is 11.2. The lowest BCUT2D eigenvalue weighted by Crippen LogP contribution is -3.10. The summed E-state index contributed by atoms with van der Waals surface area (Å²) in [6.45, 7) is 8.51. The third kappa shape index (κ3) is 3.80. The number of fused-ring (bicyclic) bond motifs is 1. The van der Waals surface area contributed by atoms with E-state index in [2.05, 4.69) is 13.8 Å². The van der Waals surface area contributed by atoms with Gasteiger partial charge in [-0.2, -0.15) is 0 Å². The van der Waals surface area contributed by atoms with Crippen LogP contribution in [-0.2, 0) is 6.54 Å². The Balaban J connectivity index is 2.23.